The smallest absolute Gasteiger partial charge is 0.315 e. The summed E-state index contributed by atoms with van der Waals surface area (Å²) in [7, 11) is 0. The average molecular weight is 342 g/mol. The van der Waals surface area contributed by atoms with Crippen LogP contribution in [0.2, 0.25) is 0 Å². The molecule has 6 nitrogen and oxygen atoms in total. The third-order valence-corrected chi connectivity index (χ3v) is 4.57. The molecule has 24 heavy (non-hydrogen) atoms. The lowest BCUT2D eigenvalue weighted by Crippen LogP contribution is -2.38. The van der Waals surface area contributed by atoms with E-state index in [1.165, 1.54) is 0 Å². The van der Waals surface area contributed by atoms with Crippen LogP contribution in [-0.4, -0.2) is 16.2 Å². The molecule has 0 spiro atoms. The number of rotatable bonds is 5. The maximum absolute atomic E-state index is 12.1. The molecule has 2 unspecified atom stereocenters. The standard InChI is InChI=1S/C17H18N4O2S/c1-11(14-9-6-10-24-14)18-17(22)19-12(2)15-20-16(23-21-15)13-7-4-3-5-8-13/h3-12H,1-2H3,(H2,18,19,22). The Hall–Kier alpha value is -2.67. The minimum atomic E-state index is -0.359. The van der Waals surface area contributed by atoms with Gasteiger partial charge in [0.1, 0.15) is 0 Å². The zero-order valence-corrected chi connectivity index (χ0v) is 14.2. The van der Waals surface area contributed by atoms with Crippen LogP contribution >= 0.6 is 11.3 Å². The normalized spacial score (nSPS) is 13.2. The van der Waals surface area contributed by atoms with Gasteiger partial charge in [-0.2, -0.15) is 4.98 Å². The maximum Gasteiger partial charge on any atom is 0.315 e. The summed E-state index contributed by atoms with van der Waals surface area (Å²) in [5.74, 6) is 0.874. The van der Waals surface area contributed by atoms with E-state index in [0.717, 1.165) is 10.4 Å². The summed E-state index contributed by atoms with van der Waals surface area (Å²) in [6, 6.07) is 12.8. The second kappa shape index (κ2) is 7.27. The molecule has 2 amide bonds. The Morgan fingerprint density at radius 2 is 1.83 bits per heavy atom. The third-order valence-electron chi connectivity index (χ3n) is 3.51. The number of amides is 2. The molecule has 3 aromatic rings. The van der Waals surface area contributed by atoms with Crippen LogP contribution in [0, 0.1) is 0 Å². The van der Waals surface area contributed by atoms with Crippen molar-refractivity contribution in [2.75, 3.05) is 0 Å². The Balaban J connectivity index is 1.60. The van der Waals surface area contributed by atoms with Crippen molar-refractivity contribution < 1.29 is 9.32 Å². The van der Waals surface area contributed by atoms with Gasteiger partial charge in [0, 0.05) is 10.4 Å². The van der Waals surface area contributed by atoms with E-state index in [9.17, 15) is 4.79 Å². The quantitative estimate of drug-likeness (QED) is 0.736. The molecule has 0 aliphatic rings. The van der Waals surface area contributed by atoms with Gasteiger partial charge in [-0.15, -0.1) is 11.3 Å². The molecular formula is C17H18N4O2S. The van der Waals surface area contributed by atoms with Crippen LogP contribution in [0.5, 0.6) is 0 Å². The number of carbonyl (C=O) groups excluding carboxylic acids is 1. The molecule has 0 fully saturated rings. The van der Waals surface area contributed by atoms with Crippen LogP contribution < -0.4 is 10.6 Å². The van der Waals surface area contributed by atoms with Crippen molar-refractivity contribution in [3.63, 3.8) is 0 Å². The second-order valence-electron chi connectivity index (χ2n) is 5.40. The van der Waals surface area contributed by atoms with Crippen molar-refractivity contribution in [1.82, 2.24) is 20.8 Å². The number of carbonyl (C=O) groups is 1. The molecule has 2 heterocycles. The van der Waals surface area contributed by atoms with Gasteiger partial charge in [-0.25, -0.2) is 4.79 Å². The highest BCUT2D eigenvalue weighted by Crippen LogP contribution is 2.20. The van der Waals surface area contributed by atoms with Crippen molar-refractivity contribution in [2.45, 2.75) is 25.9 Å². The lowest BCUT2D eigenvalue weighted by Gasteiger charge is -2.15. The van der Waals surface area contributed by atoms with Crippen LogP contribution in [0.15, 0.2) is 52.4 Å². The first-order valence-corrected chi connectivity index (χ1v) is 8.51. The molecule has 2 N–H and O–H groups in total. The Bertz CT molecular complexity index is 786. The van der Waals surface area contributed by atoms with E-state index in [1.54, 1.807) is 11.3 Å². The SMILES string of the molecule is CC(NC(=O)NC(C)c1cccs1)c1noc(-c2ccccc2)n1. The van der Waals surface area contributed by atoms with Gasteiger partial charge in [-0.1, -0.05) is 29.4 Å². The fraction of sp³-hybridized carbons (Fsp3) is 0.235. The molecule has 0 aliphatic heterocycles. The molecule has 124 valence electrons. The van der Waals surface area contributed by atoms with E-state index >= 15 is 0 Å². The van der Waals surface area contributed by atoms with Gasteiger partial charge in [0.25, 0.3) is 5.89 Å². The van der Waals surface area contributed by atoms with Crippen LogP contribution in [0.3, 0.4) is 0 Å². The highest BCUT2D eigenvalue weighted by atomic mass is 32.1. The summed E-state index contributed by atoms with van der Waals surface area (Å²) in [6.07, 6.45) is 0. The number of urea groups is 1. The number of aromatic nitrogens is 2. The van der Waals surface area contributed by atoms with Gasteiger partial charge in [0.15, 0.2) is 5.82 Å². The summed E-state index contributed by atoms with van der Waals surface area (Å²) < 4.78 is 5.26. The van der Waals surface area contributed by atoms with Gasteiger partial charge in [0.2, 0.25) is 0 Å². The summed E-state index contributed by atoms with van der Waals surface area (Å²) in [6.45, 7) is 3.76. The van der Waals surface area contributed by atoms with Crippen molar-refractivity contribution in [2.24, 2.45) is 0 Å². The van der Waals surface area contributed by atoms with E-state index in [2.05, 4.69) is 20.8 Å². The fourth-order valence-electron chi connectivity index (χ4n) is 2.22. The largest absolute Gasteiger partial charge is 0.334 e. The predicted octanol–water partition coefficient (Wildman–Crippen LogP) is 3.92. The monoisotopic (exact) mass is 342 g/mol. The number of hydrogen-bond acceptors (Lipinski definition) is 5. The Morgan fingerprint density at radius 3 is 2.54 bits per heavy atom. The average Bonchev–Trinajstić information content (AvgIpc) is 3.27. The highest BCUT2D eigenvalue weighted by molar-refractivity contribution is 7.10. The Labute approximate surface area is 143 Å². The van der Waals surface area contributed by atoms with Crippen molar-refractivity contribution in [1.29, 1.82) is 0 Å². The van der Waals surface area contributed by atoms with Crippen LogP contribution in [0.1, 0.15) is 36.6 Å². The first-order valence-electron chi connectivity index (χ1n) is 7.63. The zero-order valence-electron chi connectivity index (χ0n) is 13.4. The molecule has 0 saturated heterocycles. The molecule has 0 radical (unpaired) electrons. The lowest BCUT2D eigenvalue weighted by atomic mass is 10.2. The molecular weight excluding hydrogens is 324 g/mol. The van der Waals surface area contributed by atoms with Gasteiger partial charge < -0.3 is 15.2 Å². The van der Waals surface area contributed by atoms with E-state index in [4.69, 9.17) is 4.52 Å². The van der Waals surface area contributed by atoms with Crippen LogP contribution in [0.4, 0.5) is 4.79 Å². The van der Waals surface area contributed by atoms with Gasteiger partial charge in [0.05, 0.1) is 12.1 Å². The van der Waals surface area contributed by atoms with Crippen LogP contribution in [-0.2, 0) is 0 Å². The van der Waals surface area contributed by atoms with E-state index in [0.29, 0.717) is 11.7 Å². The van der Waals surface area contributed by atoms with E-state index < -0.39 is 0 Å². The number of nitrogens with zero attached hydrogens (tertiary/aromatic N) is 2. The lowest BCUT2D eigenvalue weighted by molar-refractivity contribution is 0.234. The number of thiophene rings is 1. The van der Waals surface area contributed by atoms with E-state index in [1.807, 2.05) is 61.7 Å². The third kappa shape index (κ3) is 3.80. The summed E-state index contributed by atoms with van der Waals surface area (Å²) >= 11 is 1.61. The predicted molar refractivity (Wildman–Crippen MR) is 92.6 cm³/mol. The molecule has 1 aromatic carbocycles. The van der Waals surface area contributed by atoms with Crippen LogP contribution in [0.25, 0.3) is 11.5 Å². The minimum absolute atomic E-state index is 0.0534. The molecule has 0 bridgehead atoms. The summed E-state index contributed by atoms with van der Waals surface area (Å²) in [5, 5.41) is 11.7. The molecule has 2 aromatic heterocycles. The minimum Gasteiger partial charge on any atom is -0.334 e. The van der Waals surface area contributed by atoms with Crippen molar-refractivity contribution in [3.8, 4) is 11.5 Å². The molecule has 0 aliphatic carbocycles. The first kappa shape index (κ1) is 16.2. The molecule has 2 atom stereocenters. The van der Waals surface area contributed by atoms with Crippen molar-refractivity contribution in [3.05, 3.63) is 58.5 Å². The summed E-state index contributed by atoms with van der Waals surface area (Å²) in [5.41, 5.74) is 0.846. The molecule has 3 rings (SSSR count). The van der Waals surface area contributed by atoms with Crippen molar-refractivity contribution >= 4 is 17.4 Å². The summed E-state index contributed by atoms with van der Waals surface area (Å²) in [4.78, 5) is 17.6. The van der Waals surface area contributed by atoms with Gasteiger partial charge in [-0.05, 0) is 37.4 Å². The number of nitrogens with one attached hydrogen (secondary N) is 2. The topological polar surface area (TPSA) is 80.0 Å². The van der Waals surface area contributed by atoms with E-state index in [-0.39, 0.29) is 18.1 Å². The number of hydrogen-bond donors (Lipinski definition) is 2. The molecule has 0 saturated carbocycles. The Kier molecular flexibility index (Phi) is 4.90. The second-order valence-corrected chi connectivity index (χ2v) is 6.38. The van der Waals surface area contributed by atoms with Gasteiger partial charge in [-0.3, -0.25) is 0 Å². The number of benzene rings is 1. The highest BCUT2D eigenvalue weighted by Gasteiger charge is 2.18. The first-order chi connectivity index (χ1) is 11.6. The molecule has 7 heteroatoms. The fourth-order valence-corrected chi connectivity index (χ4v) is 2.95. The zero-order chi connectivity index (χ0) is 16.9. The van der Waals surface area contributed by atoms with Gasteiger partial charge >= 0.3 is 6.03 Å². The Morgan fingerprint density at radius 1 is 1.08 bits per heavy atom. The maximum atomic E-state index is 12.1.